The molecule has 110 valence electrons. The molecule has 0 bridgehead atoms. The van der Waals surface area contributed by atoms with Crippen molar-refractivity contribution in [3.8, 4) is 0 Å². The van der Waals surface area contributed by atoms with E-state index in [2.05, 4.69) is 5.10 Å². The fraction of sp³-hybridized carbons (Fsp3) is 0.733. The van der Waals surface area contributed by atoms with E-state index in [1.165, 1.54) is 0 Å². The predicted molar refractivity (Wildman–Crippen MR) is 75.2 cm³/mol. The summed E-state index contributed by atoms with van der Waals surface area (Å²) >= 11 is 0. The number of rotatable bonds is 4. The van der Waals surface area contributed by atoms with Gasteiger partial charge in [0.05, 0.1) is 11.8 Å². The van der Waals surface area contributed by atoms with E-state index in [1.54, 1.807) is 7.11 Å². The summed E-state index contributed by atoms with van der Waals surface area (Å²) < 4.78 is 7.29. The van der Waals surface area contributed by atoms with Crippen LogP contribution in [0.25, 0.3) is 0 Å². The second kappa shape index (κ2) is 5.56. The first kappa shape index (κ1) is 13.6. The molecule has 1 saturated carbocycles. The van der Waals surface area contributed by atoms with Gasteiger partial charge in [-0.3, -0.25) is 9.48 Å². The molecule has 3 rings (SSSR count). The average Bonchev–Trinajstić information content (AvgIpc) is 3.09. The third-order valence-corrected chi connectivity index (χ3v) is 4.72. The first-order valence-corrected chi connectivity index (χ1v) is 7.46. The lowest BCUT2D eigenvalue weighted by molar-refractivity contribution is -0.130. The summed E-state index contributed by atoms with van der Waals surface area (Å²) in [7, 11) is 1.79. The summed E-state index contributed by atoms with van der Waals surface area (Å²) in [5, 5.41) is 4.32. The van der Waals surface area contributed by atoms with Crippen LogP contribution in [-0.2, 0) is 16.1 Å². The molecule has 2 aliphatic rings. The number of likely N-dealkylation sites (tertiary alicyclic amines) is 1. The Morgan fingerprint density at radius 2 is 2.10 bits per heavy atom. The molecule has 1 amide bonds. The Bertz CT molecular complexity index is 471. The van der Waals surface area contributed by atoms with Crippen molar-refractivity contribution in [1.29, 1.82) is 0 Å². The first-order valence-electron chi connectivity index (χ1n) is 7.46. The fourth-order valence-corrected chi connectivity index (χ4v) is 3.60. The van der Waals surface area contributed by atoms with E-state index in [0.717, 1.165) is 31.6 Å². The van der Waals surface area contributed by atoms with Gasteiger partial charge in [-0.05, 0) is 37.7 Å². The molecule has 1 unspecified atom stereocenters. The molecule has 2 heterocycles. The third kappa shape index (κ3) is 2.73. The monoisotopic (exact) mass is 277 g/mol. The number of methoxy groups -OCH3 is 1. The number of aromatic nitrogens is 2. The zero-order valence-corrected chi connectivity index (χ0v) is 12.3. The van der Waals surface area contributed by atoms with Crippen molar-refractivity contribution in [2.75, 3.05) is 20.2 Å². The second-order valence-corrected chi connectivity index (χ2v) is 6.12. The summed E-state index contributed by atoms with van der Waals surface area (Å²) in [6.45, 7) is 4.48. The summed E-state index contributed by atoms with van der Waals surface area (Å²) in [4.78, 5) is 14.3. The molecule has 1 aromatic rings. The van der Waals surface area contributed by atoms with Crippen LogP contribution in [0.3, 0.4) is 0 Å². The highest BCUT2D eigenvalue weighted by Gasteiger charge is 2.42. The normalized spacial score (nSPS) is 28.9. The van der Waals surface area contributed by atoms with Crippen LogP contribution in [-0.4, -0.2) is 46.9 Å². The number of hydrogen-bond acceptors (Lipinski definition) is 3. The largest absolute Gasteiger partial charge is 0.381 e. The maximum atomic E-state index is 12.3. The molecule has 2 fully saturated rings. The maximum absolute atomic E-state index is 12.3. The first-order chi connectivity index (χ1) is 9.65. The Hall–Kier alpha value is -1.36. The minimum atomic E-state index is 0.265. The van der Waals surface area contributed by atoms with Crippen molar-refractivity contribution in [3.05, 3.63) is 18.0 Å². The van der Waals surface area contributed by atoms with Crippen LogP contribution in [0.1, 0.15) is 25.0 Å². The van der Waals surface area contributed by atoms with Gasteiger partial charge in [-0.2, -0.15) is 5.10 Å². The summed E-state index contributed by atoms with van der Waals surface area (Å²) in [5.74, 6) is 1.56. The van der Waals surface area contributed by atoms with E-state index < -0.39 is 0 Å². The number of carbonyl (C=O) groups excluding carboxylic acids is 1. The van der Waals surface area contributed by atoms with E-state index in [-0.39, 0.29) is 5.91 Å². The Kier molecular flexibility index (Phi) is 3.78. The lowest BCUT2D eigenvalue weighted by Crippen LogP contribution is -2.31. The Labute approximate surface area is 119 Å². The topological polar surface area (TPSA) is 47.4 Å². The van der Waals surface area contributed by atoms with Crippen molar-refractivity contribution in [2.45, 2.75) is 38.8 Å². The summed E-state index contributed by atoms with van der Waals surface area (Å²) in [5.41, 5.74) is 0.999. The van der Waals surface area contributed by atoms with E-state index in [0.29, 0.717) is 30.9 Å². The molecule has 1 aromatic heterocycles. The van der Waals surface area contributed by atoms with E-state index >= 15 is 0 Å². The number of aryl methyl sites for hydroxylation is 2. The minimum Gasteiger partial charge on any atom is -0.381 e. The Morgan fingerprint density at radius 1 is 1.40 bits per heavy atom. The summed E-state index contributed by atoms with van der Waals surface area (Å²) in [6.07, 6.45) is 5.13. The molecule has 20 heavy (non-hydrogen) atoms. The smallest absolute Gasteiger partial charge is 0.224 e. The highest BCUT2D eigenvalue weighted by Crippen LogP contribution is 2.39. The predicted octanol–water partition coefficient (Wildman–Crippen LogP) is 1.47. The highest BCUT2D eigenvalue weighted by molar-refractivity contribution is 5.76. The van der Waals surface area contributed by atoms with Crippen molar-refractivity contribution in [2.24, 2.45) is 11.8 Å². The number of fused-ring (bicyclic) bond motifs is 1. The fourth-order valence-electron chi connectivity index (χ4n) is 3.60. The standard InChI is InChI=1S/C15H23N3O2/c1-11-3-5-18(16-11)6-4-15(19)17-9-12-7-14(20-2)8-13(12)10-17/h3,5,12-14H,4,6-10H2,1-2H3/t12-,13+,14?. The molecule has 1 aliphatic carbocycles. The van der Waals surface area contributed by atoms with Crippen LogP contribution in [0.15, 0.2) is 12.3 Å². The molecule has 1 saturated heterocycles. The van der Waals surface area contributed by atoms with Gasteiger partial charge < -0.3 is 9.64 Å². The number of hydrogen-bond donors (Lipinski definition) is 0. The molecule has 0 N–H and O–H groups in total. The number of carbonyl (C=O) groups is 1. The van der Waals surface area contributed by atoms with Gasteiger partial charge in [-0.1, -0.05) is 0 Å². The molecule has 5 heteroatoms. The van der Waals surface area contributed by atoms with Gasteiger partial charge in [-0.25, -0.2) is 0 Å². The van der Waals surface area contributed by atoms with Crippen LogP contribution in [0, 0.1) is 18.8 Å². The number of nitrogens with zero attached hydrogens (tertiary/aromatic N) is 3. The second-order valence-electron chi connectivity index (χ2n) is 6.12. The molecular weight excluding hydrogens is 254 g/mol. The third-order valence-electron chi connectivity index (χ3n) is 4.72. The average molecular weight is 277 g/mol. The van der Waals surface area contributed by atoms with Crippen molar-refractivity contribution >= 4 is 5.91 Å². The molecule has 0 spiro atoms. The summed E-state index contributed by atoms with van der Waals surface area (Å²) in [6, 6.07) is 1.97. The van der Waals surface area contributed by atoms with E-state index in [1.807, 2.05) is 28.8 Å². The van der Waals surface area contributed by atoms with E-state index in [9.17, 15) is 4.79 Å². The van der Waals surface area contributed by atoms with Gasteiger partial charge in [-0.15, -0.1) is 0 Å². The Morgan fingerprint density at radius 3 is 2.65 bits per heavy atom. The van der Waals surface area contributed by atoms with Gasteiger partial charge in [0, 0.05) is 39.4 Å². The number of ether oxygens (including phenoxy) is 1. The molecule has 1 aliphatic heterocycles. The number of amides is 1. The van der Waals surface area contributed by atoms with Crippen LogP contribution in [0.5, 0.6) is 0 Å². The highest BCUT2D eigenvalue weighted by atomic mass is 16.5. The minimum absolute atomic E-state index is 0.265. The van der Waals surface area contributed by atoms with Crippen LogP contribution in [0.4, 0.5) is 0 Å². The molecular formula is C15H23N3O2. The van der Waals surface area contributed by atoms with Crippen LogP contribution < -0.4 is 0 Å². The van der Waals surface area contributed by atoms with Crippen molar-refractivity contribution in [1.82, 2.24) is 14.7 Å². The lowest BCUT2D eigenvalue weighted by Gasteiger charge is -2.19. The maximum Gasteiger partial charge on any atom is 0.224 e. The quantitative estimate of drug-likeness (QED) is 0.837. The van der Waals surface area contributed by atoms with Crippen molar-refractivity contribution in [3.63, 3.8) is 0 Å². The van der Waals surface area contributed by atoms with E-state index in [4.69, 9.17) is 4.74 Å². The van der Waals surface area contributed by atoms with Crippen molar-refractivity contribution < 1.29 is 9.53 Å². The lowest BCUT2D eigenvalue weighted by atomic mass is 10.0. The zero-order valence-electron chi connectivity index (χ0n) is 12.3. The van der Waals surface area contributed by atoms with Crippen LogP contribution >= 0.6 is 0 Å². The van der Waals surface area contributed by atoms with Gasteiger partial charge in [0.1, 0.15) is 0 Å². The SMILES string of the molecule is COC1C[C@@H]2CN(C(=O)CCn3ccc(C)n3)C[C@@H]2C1. The zero-order chi connectivity index (χ0) is 14.1. The molecule has 3 atom stereocenters. The van der Waals surface area contributed by atoms with Gasteiger partial charge in [0.2, 0.25) is 5.91 Å². The van der Waals surface area contributed by atoms with Gasteiger partial charge >= 0.3 is 0 Å². The molecule has 0 aromatic carbocycles. The van der Waals surface area contributed by atoms with Crippen LogP contribution in [0.2, 0.25) is 0 Å². The van der Waals surface area contributed by atoms with Gasteiger partial charge in [0.25, 0.3) is 0 Å². The Balaban J connectivity index is 1.48. The van der Waals surface area contributed by atoms with Gasteiger partial charge in [0.15, 0.2) is 0 Å². The molecule has 5 nitrogen and oxygen atoms in total. The molecule has 0 radical (unpaired) electrons.